The van der Waals surface area contributed by atoms with Crippen LogP contribution in [0.15, 0.2) is 11.6 Å². The Morgan fingerprint density at radius 1 is 1.56 bits per heavy atom. The van der Waals surface area contributed by atoms with Crippen LogP contribution in [0.5, 0.6) is 0 Å². The second-order valence-corrected chi connectivity index (χ2v) is 3.13. The summed E-state index contributed by atoms with van der Waals surface area (Å²) in [4.78, 5) is 0. The van der Waals surface area contributed by atoms with E-state index in [0.717, 1.165) is 12.3 Å². The summed E-state index contributed by atoms with van der Waals surface area (Å²) in [5.41, 5.74) is 1.53. The third kappa shape index (κ3) is 0.799. The molecule has 0 aliphatic heterocycles. The van der Waals surface area contributed by atoms with Crippen molar-refractivity contribution in [2.24, 2.45) is 5.92 Å². The van der Waals surface area contributed by atoms with Gasteiger partial charge in [0.15, 0.2) is 0 Å². The first-order valence-corrected chi connectivity index (χ1v) is 3.75. The van der Waals surface area contributed by atoms with Crippen molar-refractivity contribution in [2.45, 2.75) is 31.8 Å². The van der Waals surface area contributed by atoms with E-state index in [1.54, 1.807) is 0 Å². The van der Waals surface area contributed by atoms with E-state index in [9.17, 15) is 0 Å². The highest BCUT2D eigenvalue weighted by atomic mass is 16.3. The second kappa shape index (κ2) is 1.84. The predicted octanol–water partition coefficient (Wildman–Crippen LogP) is 1.48. The molecule has 0 heterocycles. The number of fused-ring (bicyclic) bond motifs is 1. The van der Waals surface area contributed by atoms with Gasteiger partial charge >= 0.3 is 0 Å². The van der Waals surface area contributed by atoms with Gasteiger partial charge in [-0.3, -0.25) is 0 Å². The molecule has 1 N–H and O–H groups in total. The van der Waals surface area contributed by atoms with Crippen LogP contribution in [0, 0.1) is 5.92 Å². The fourth-order valence-corrected chi connectivity index (χ4v) is 2.04. The van der Waals surface area contributed by atoms with Crippen LogP contribution in [-0.2, 0) is 0 Å². The molecule has 1 saturated carbocycles. The number of aliphatic hydroxyl groups excluding tert-OH is 1. The molecule has 0 amide bonds. The Kier molecular flexibility index (Phi) is 1.12. The Hall–Kier alpha value is -0.300. The normalized spacial score (nSPS) is 40.8. The van der Waals surface area contributed by atoms with Gasteiger partial charge in [0.25, 0.3) is 0 Å². The Labute approximate surface area is 55.4 Å². The summed E-state index contributed by atoms with van der Waals surface area (Å²) in [6.45, 7) is 0. The maximum atomic E-state index is 9.16. The highest BCUT2D eigenvalue weighted by Gasteiger charge is 2.28. The summed E-state index contributed by atoms with van der Waals surface area (Å²) < 4.78 is 0. The molecule has 2 aliphatic carbocycles. The molecule has 0 aromatic carbocycles. The molecular weight excluding hydrogens is 112 g/mol. The molecular formula is C8H12O. The zero-order chi connectivity index (χ0) is 6.27. The van der Waals surface area contributed by atoms with Gasteiger partial charge in [0.2, 0.25) is 0 Å². The molecule has 1 fully saturated rings. The Morgan fingerprint density at radius 3 is 3.22 bits per heavy atom. The summed E-state index contributed by atoms with van der Waals surface area (Å²) in [6, 6.07) is 0. The molecule has 2 atom stereocenters. The molecule has 50 valence electrons. The zero-order valence-corrected chi connectivity index (χ0v) is 5.51. The maximum Gasteiger partial charge on any atom is 0.0729 e. The van der Waals surface area contributed by atoms with Gasteiger partial charge in [-0.1, -0.05) is 11.6 Å². The predicted molar refractivity (Wildman–Crippen MR) is 36.0 cm³/mol. The molecule has 9 heavy (non-hydrogen) atoms. The number of rotatable bonds is 0. The van der Waals surface area contributed by atoms with Gasteiger partial charge in [0.1, 0.15) is 0 Å². The van der Waals surface area contributed by atoms with E-state index in [0.29, 0.717) is 0 Å². The lowest BCUT2D eigenvalue weighted by atomic mass is 10.1. The lowest BCUT2D eigenvalue weighted by Crippen LogP contribution is -1.99. The van der Waals surface area contributed by atoms with Crippen molar-refractivity contribution in [3.63, 3.8) is 0 Å². The first-order valence-electron chi connectivity index (χ1n) is 3.75. The minimum Gasteiger partial charge on any atom is -0.389 e. The average molecular weight is 124 g/mol. The van der Waals surface area contributed by atoms with Crippen molar-refractivity contribution in [3.05, 3.63) is 11.6 Å². The Morgan fingerprint density at radius 2 is 2.44 bits per heavy atom. The molecule has 2 aliphatic rings. The third-order valence-electron chi connectivity index (χ3n) is 2.47. The summed E-state index contributed by atoms with van der Waals surface area (Å²) in [5, 5.41) is 9.16. The van der Waals surface area contributed by atoms with Gasteiger partial charge in [-0.05, 0) is 31.6 Å². The van der Waals surface area contributed by atoms with Crippen LogP contribution >= 0.6 is 0 Å². The minimum atomic E-state index is -0.106. The molecule has 0 saturated heterocycles. The SMILES string of the molecule is OC1C=C2CCCC2C1. The zero-order valence-electron chi connectivity index (χ0n) is 5.51. The van der Waals surface area contributed by atoms with Gasteiger partial charge in [-0.2, -0.15) is 0 Å². The van der Waals surface area contributed by atoms with E-state index in [1.165, 1.54) is 24.8 Å². The molecule has 2 unspecified atom stereocenters. The highest BCUT2D eigenvalue weighted by molar-refractivity contribution is 5.19. The van der Waals surface area contributed by atoms with Crippen LogP contribution in [0.4, 0.5) is 0 Å². The van der Waals surface area contributed by atoms with Crippen molar-refractivity contribution >= 4 is 0 Å². The van der Waals surface area contributed by atoms with E-state index in [1.807, 2.05) is 0 Å². The van der Waals surface area contributed by atoms with Crippen LogP contribution in [-0.4, -0.2) is 11.2 Å². The van der Waals surface area contributed by atoms with E-state index in [4.69, 9.17) is 5.11 Å². The number of aliphatic hydroxyl groups is 1. The number of allylic oxidation sites excluding steroid dienone is 1. The minimum absolute atomic E-state index is 0.106. The largest absolute Gasteiger partial charge is 0.389 e. The quantitative estimate of drug-likeness (QED) is 0.485. The molecule has 0 aromatic rings. The fraction of sp³-hybridized carbons (Fsp3) is 0.750. The van der Waals surface area contributed by atoms with Crippen molar-refractivity contribution < 1.29 is 5.11 Å². The number of hydrogen-bond donors (Lipinski definition) is 1. The molecule has 0 radical (unpaired) electrons. The molecule has 0 bridgehead atoms. The topological polar surface area (TPSA) is 20.2 Å². The standard InChI is InChI=1S/C8H12O/c9-8-4-6-2-1-3-7(6)5-8/h4,7-9H,1-3,5H2. The third-order valence-corrected chi connectivity index (χ3v) is 2.47. The first-order chi connectivity index (χ1) is 4.36. The smallest absolute Gasteiger partial charge is 0.0729 e. The lowest BCUT2D eigenvalue weighted by molar-refractivity contribution is 0.209. The van der Waals surface area contributed by atoms with Crippen molar-refractivity contribution in [2.75, 3.05) is 0 Å². The molecule has 2 rings (SSSR count). The van der Waals surface area contributed by atoms with Crippen LogP contribution in [0.25, 0.3) is 0 Å². The van der Waals surface area contributed by atoms with E-state index in [-0.39, 0.29) is 6.10 Å². The fourth-order valence-electron chi connectivity index (χ4n) is 2.04. The van der Waals surface area contributed by atoms with Gasteiger partial charge in [0, 0.05) is 0 Å². The highest BCUT2D eigenvalue weighted by Crippen LogP contribution is 2.39. The van der Waals surface area contributed by atoms with Gasteiger partial charge in [-0.25, -0.2) is 0 Å². The Bertz CT molecular complexity index is 149. The van der Waals surface area contributed by atoms with Crippen molar-refractivity contribution in [3.8, 4) is 0 Å². The summed E-state index contributed by atoms with van der Waals surface area (Å²) in [7, 11) is 0. The monoisotopic (exact) mass is 124 g/mol. The van der Waals surface area contributed by atoms with Crippen LogP contribution < -0.4 is 0 Å². The summed E-state index contributed by atoms with van der Waals surface area (Å²) >= 11 is 0. The van der Waals surface area contributed by atoms with E-state index >= 15 is 0 Å². The van der Waals surface area contributed by atoms with E-state index in [2.05, 4.69) is 6.08 Å². The molecule has 0 aromatic heterocycles. The number of hydrogen-bond acceptors (Lipinski definition) is 1. The molecule has 1 heteroatoms. The molecule has 1 nitrogen and oxygen atoms in total. The van der Waals surface area contributed by atoms with Gasteiger partial charge in [-0.15, -0.1) is 0 Å². The summed E-state index contributed by atoms with van der Waals surface area (Å²) in [5.74, 6) is 0.764. The first kappa shape index (κ1) is 5.48. The Balaban J connectivity index is 2.18. The maximum absolute atomic E-state index is 9.16. The van der Waals surface area contributed by atoms with Gasteiger partial charge in [0.05, 0.1) is 6.10 Å². The van der Waals surface area contributed by atoms with Crippen molar-refractivity contribution in [1.29, 1.82) is 0 Å². The van der Waals surface area contributed by atoms with Gasteiger partial charge < -0.3 is 5.11 Å². The van der Waals surface area contributed by atoms with Crippen molar-refractivity contribution in [1.82, 2.24) is 0 Å². The molecule has 0 spiro atoms. The van der Waals surface area contributed by atoms with E-state index < -0.39 is 0 Å². The average Bonchev–Trinajstić information content (AvgIpc) is 2.22. The lowest BCUT2D eigenvalue weighted by Gasteiger charge is -2.02. The van der Waals surface area contributed by atoms with Crippen LogP contribution in [0.2, 0.25) is 0 Å². The van der Waals surface area contributed by atoms with Crippen LogP contribution in [0.1, 0.15) is 25.7 Å². The van der Waals surface area contributed by atoms with Crippen LogP contribution in [0.3, 0.4) is 0 Å². The summed E-state index contributed by atoms with van der Waals surface area (Å²) in [6.07, 6.45) is 6.88. The second-order valence-electron chi connectivity index (χ2n) is 3.13.